The Hall–Kier alpha value is -4.13. The van der Waals surface area contributed by atoms with Crippen LogP contribution in [0.15, 0.2) is 34.7 Å². The number of hydrogen-bond donors (Lipinski definition) is 1. The molecule has 1 aromatic carbocycles. The van der Waals surface area contributed by atoms with Gasteiger partial charge in [-0.3, -0.25) is 14.6 Å². The third-order valence-corrected chi connectivity index (χ3v) is 10.3. The summed E-state index contributed by atoms with van der Waals surface area (Å²) in [6.07, 6.45) is 3.38. The summed E-state index contributed by atoms with van der Waals surface area (Å²) in [7, 11) is 0. The van der Waals surface area contributed by atoms with Crippen molar-refractivity contribution in [3.8, 4) is 21.9 Å². The maximum absolute atomic E-state index is 13.9. The Morgan fingerprint density at radius 1 is 1.07 bits per heavy atom. The second kappa shape index (κ2) is 11.9. The maximum Gasteiger partial charge on any atom is 0.261 e. The van der Waals surface area contributed by atoms with E-state index in [2.05, 4.69) is 15.5 Å². The first-order valence-electron chi connectivity index (χ1n) is 15.5. The number of halogens is 4. The van der Waals surface area contributed by atoms with E-state index in [1.807, 2.05) is 4.90 Å². The van der Waals surface area contributed by atoms with Gasteiger partial charge in [-0.05, 0) is 74.3 Å². The molecule has 46 heavy (non-hydrogen) atoms. The van der Waals surface area contributed by atoms with Gasteiger partial charge in [0.15, 0.2) is 11.6 Å². The molecule has 4 aromatic rings. The minimum atomic E-state index is -2.62. The molecule has 240 valence electrons. The van der Waals surface area contributed by atoms with Crippen LogP contribution in [-0.2, 0) is 13.0 Å². The lowest BCUT2D eigenvalue weighted by Crippen LogP contribution is -2.24. The van der Waals surface area contributed by atoms with Crippen molar-refractivity contribution in [3.63, 3.8) is 0 Å². The first-order valence-corrected chi connectivity index (χ1v) is 16.3. The molecule has 1 aliphatic carbocycles. The summed E-state index contributed by atoms with van der Waals surface area (Å²) in [5.74, 6) is -4.49. The van der Waals surface area contributed by atoms with E-state index in [1.54, 1.807) is 19.1 Å². The van der Waals surface area contributed by atoms with Crippen LogP contribution in [-0.4, -0.2) is 44.4 Å². The van der Waals surface area contributed by atoms with Crippen molar-refractivity contribution in [2.24, 2.45) is 5.92 Å². The van der Waals surface area contributed by atoms with E-state index in [0.29, 0.717) is 81.5 Å². The lowest BCUT2D eigenvalue weighted by Gasteiger charge is -2.28. The minimum Gasteiger partial charge on any atom is -0.421 e. The van der Waals surface area contributed by atoms with Crippen molar-refractivity contribution in [2.45, 2.75) is 76.8 Å². The molecule has 1 saturated heterocycles. The molecule has 1 N–H and O–H groups in total. The Morgan fingerprint density at radius 3 is 2.61 bits per heavy atom. The number of aryl methyl sites for hydroxylation is 2. The molecule has 2 aliphatic heterocycles. The molecule has 0 spiro atoms. The van der Waals surface area contributed by atoms with Gasteiger partial charge in [-0.25, -0.2) is 17.6 Å². The number of carbonyl (C=O) groups is 2. The zero-order chi connectivity index (χ0) is 32.2. The van der Waals surface area contributed by atoms with E-state index in [-0.39, 0.29) is 43.1 Å². The van der Waals surface area contributed by atoms with Crippen molar-refractivity contribution in [3.05, 3.63) is 75.2 Å². The number of thiophene rings is 1. The first kappa shape index (κ1) is 30.5. The third-order valence-electron chi connectivity index (χ3n) is 9.22. The predicted octanol–water partition coefficient (Wildman–Crippen LogP) is 7.43. The Balaban J connectivity index is 1.27. The van der Waals surface area contributed by atoms with Crippen LogP contribution in [0.5, 0.6) is 0 Å². The van der Waals surface area contributed by atoms with E-state index in [4.69, 9.17) is 9.40 Å². The average molecular weight is 654 g/mol. The van der Waals surface area contributed by atoms with Crippen molar-refractivity contribution in [1.82, 2.24) is 25.4 Å². The van der Waals surface area contributed by atoms with E-state index >= 15 is 0 Å². The molecule has 7 rings (SSSR count). The van der Waals surface area contributed by atoms with Crippen LogP contribution in [0.3, 0.4) is 0 Å². The molecule has 0 radical (unpaired) electrons. The monoisotopic (exact) mass is 653 g/mol. The molecule has 5 heterocycles. The molecule has 2 fully saturated rings. The summed E-state index contributed by atoms with van der Waals surface area (Å²) in [5.41, 5.74) is 3.29. The van der Waals surface area contributed by atoms with Gasteiger partial charge in [0.1, 0.15) is 0 Å². The van der Waals surface area contributed by atoms with E-state index in [0.717, 1.165) is 25.0 Å². The molecule has 0 bridgehead atoms. The zero-order valence-electron chi connectivity index (χ0n) is 25.0. The molecular formula is C33H31F4N5O3S. The van der Waals surface area contributed by atoms with E-state index in [9.17, 15) is 27.2 Å². The Labute approximate surface area is 266 Å². The van der Waals surface area contributed by atoms with Gasteiger partial charge in [-0.1, -0.05) is 6.07 Å². The number of fused-ring (bicyclic) bond motifs is 3. The van der Waals surface area contributed by atoms with Gasteiger partial charge in [-0.15, -0.1) is 21.5 Å². The zero-order valence-corrected chi connectivity index (χ0v) is 25.9. The maximum atomic E-state index is 13.9. The smallest absolute Gasteiger partial charge is 0.261 e. The number of rotatable bonds is 8. The lowest BCUT2D eigenvalue weighted by atomic mass is 9.83. The quantitative estimate of drug-likeness (QED) is 0.199. The van der Waals surface area contributed by atoms with Gasteiger partial charge in [0.05, 0.1) is 33.4 Å². The average Bonchev–Trinajstić information content (AvgIpc) is 3.84. The van der Waals surface area contributed by atoms with Gasteiger partial charge in [0.2, 0.25) is 17.7 Å². The number of carbonyl (C=O) groups excluding carboxylic acids is 2. The van der Waals surface area contributed by atoms with Gasteiger partial charge in [-0.2, -0.15) is 0 Å². The second-order valence-electron chi connectivity index (χ2n) is 12.3. The molecule has 3 aromatic heterocycles. The van der Waals surface area contributed by atoms with Crippen LogP contribution in [0.1, 0.15) is 93.9 Å². The molecule has 1 atom stereocenters. The summed E-state index contributed by atoms with van der Waals surface area (Å²) in [4.78, 5) is 35.0. The highest BCUT2D eigenvalue weighted by atomic mass is 32.1. The van der Waals surface area contributed by atoms with Crippen LogP contribution in [0.4, 0.5) is 17.6 Å². The minimum absolute atomic E-state index is 0.00714. The summed E-state index contributed by atoms with van der Waals surface area (Å²) in [6, 6.07) is 6.70. The lowest BCUT2D eigenvalue weighted by molar-refractivity contribution is -0.0464. The van der Waals surface area contributed by atoms with Crippen molar-refractivity contribution < 1.29 is 31.6 Å². The predicted molar refractivity (Wildman–Crippen MR) is 161 cm³/mol. The van der Waals surface area contributed by atoms with Gasteiger partial charge < -0.3 is 14.6 Å². The number of pyridine rings is 1. The molecule has 1 unspecified atom stereocenters. The Kier molecular flexibility index (Phi) is 7.90. The first-order chi connectivity index (χ1) is 22.1. The fraction of sp³-hybridized carbons (Fsp3) is 0.424. The topological polar surface area (TPSA) is 101 Å². The number of aromatic nitrogens is 3. The summed E-state index contributed by atoms with van der Waals surface area (Å²) >= 11 is 1.18. The summed E-state index contributed by atoms with van der Waals surface area (Å²) in [5, 5.41) is 11.1. The highest BCUT2D eigenvalue weighted by molar-refractivity contribution is 7.17. The number of benzene rings is 1. The van der Waals surface area contributed by atoms with E-state index < -0.39 is 23.5 Å². The van der Waals surface area contributed by atoms with Crippen LogP contribution < -0.4 is 5.32 Å². The number of nitrogens with one attached hydrogen (secondary N) is 1. The highest BCUT2D eigenvalue weighted by Gasteiger charge is 2.45. The van der Waals surface area contributed by atoms with Crippen molar-refractivity contribution in [2.75, 3.05) is 6.54 Å². The van der Waals surface area contributed by atoms with Crippen LogP contribution in [0.25, 0.3) is 21.9 Å². The molecule has 8 nitrogen and oxygen atoms in total. The Morgan fingerprint density at radius 2 is 1.87 bits per heavy atom. The summed E-state index contributed by atoms with van der Waals surface area (Å²) in [6.45, 7) is 2.27. The van der Waals surface area contributed by atoms with Crippen molar-refractivity contribution >= 4 is 23.2 Å². The van der Waals surface area contributed by atoms with Gasteiger partial charge in [0, 0.05) is 43.3 Å². The largest absolute Gasteiger partial charge is 0.421 e. The number of hydrogen-bond acceptors (Lipinski definition) is 7. The van der Waals surface area contributed by atoms with Crippen molar-refractivity contribution in [1.29, 1.82) is 0 Å². The summed E-state index contributed by atoms with van der Waals surface area (Å²) < 4.78 is 60.7. The molecule has 13 heteroatoms. The fourth-order valence-corrected chi connectivity index (χ4v) is 7.83. The Bertz CT molecular complexity index is 1830. The second-order valence-corrected chi connectivity index (χ2v) is 13.4. The number of alkyl halides is 2. The van der Waals surface area contributed by atoms with E-state index in [1.165, 1.54) is 17.4 Å². The normalized spacial score (nSPS) is 19.0. The fourth-order valence-electron chi connectivity index (χ4n) is 6.85. The number of amides is 2. The van der Waals surface area contributed by atoms with Gasteiger partial charge >= 0.3 is 0 Å². The van der Waals surface area contributed by atoms with Crippen LogP contribution in [0, 0.1) is 24.5 Å². The molecule has 1 saturated carbocycles. The van der Waals surface area contributed by atoms with Gasteiger partial charge in [0.25, 0.3) is 11.8 Å². The molecular weight excluding hydrogens is 622 g/mol. The van der Waals surface area contributed by atoms with Crippen LogP contribution >= 0.6 is 11.3 Å². The SMILES string of the molecule is Cc1nnc(-c2c(CCC3CCC(F)(F)CC3)nc3c(c2-c2ccc(C(=O)NCc4ccc(F)c(F)c4)s2)C(=O)N2CCCC32)o1. The number of nitrogens with zero attached hydrogens (tertiary/aromatic N) is 4. The van der Waals surface area contributed by atoms with Crippen LogP contribution in [0.2, 0.25) is 0 Å². The highest BCUT2D eigenvalue weighted by Crippen LogP contribution is 2.49. The molecule has 3 aliphatic rings. The molecule has 2 amide bonds. The third kappa shape index (κ3) is 5.69. The standard InChI is InChI=1S/C33H31F4N5O3S/c1-17-40-41-31(45-17)26-22(7-5-18-10-12-33(36,37)13-11-18)39-29-23-3-2-14-42(23)32(44)28(29)27(26)24-8-9-25(46-24)30(43)38-16-19-4-6-20(34)21(35)15-19/h4,6,8-9,15,18,23H,2-3,5,7,10-14,16H2,1H3,(H,38,43).